The van der Waals surface area contributed by atoms with Gasteiger partial charge in [-0.25, -0.2) is 4.39 Å². The summed E-state index contributed by atoms with van der Waals surface area (Å²) in [5.41, 5.74) is 0.819. The summed E-state index contributed by atoms with van der Waals surface area (Å²) in [6.45, 7) is 0. The van der Waals surface area contributed by atoms with Crippen molar-refractivity contribution in [3.63, 3.8) is 0 Å². The van der Waals surface area contributed by atoms with Gasteiger partial charge in [0.2, 0.25) is 5.89 Å². The van der Waals surface area contributed by atoms with Crippen LogP contribution in [0.1, 0.15) is 17.3 Å². The van der Waals surface area contributed by atoms with Crippen LogP contribution in [0.2, 0.25) is 0 Å². The molecule has 0 amide bonds. The van der Waals surface area contributed by atoms with Gasteiger partial charge in [-0.2, -0.15) is 4.98 Å². The lowest BCUT2D eigenvalue weighted by molar-refractivity contribution is 0.381. The van der Waals surface area contributed by atoms with Crippen LogP contribution in [-0.2, 0) is 11.8 Å². The van der Waals surface area contributed by atoms with Crippen LogP contribution in [0.25, 0.3) is 0 Å². The van der Waals surface area contributed by atoms with E-state index >= 15 is 0 Å². The smallest absolute Gasteiger partial charge is 0.231 e. The molecule has 0 saturated carbocycles. The van der Waals surface area contributed by atoms with Gasteiger partial charge in [0, 0.05) is 0 Å². The summed E-state index contributed by atoms with van der Waals surface area (Å²) in [4.78, 5) is 4.11. The highest BCUT2D eigenvalue weighted by molar-refractivity contribution is 9.08. The fourth-order valence-corrected chi connectivity index (χ4v) is 1.47. The molecule has 78 valence electrons. The predicted octanol–water partition coefficient (Wildman–Crippen LogP) is 2.69. The molecule has 0 aliphatic heterocycles. The third-order valence-corrected chi connectivity index (χ3v) is 2.38. The Morgan fingerprint density at radius 1 is 1.40 bits per heavy atom. The Balaban J connectivity index is 2.14. The molecule has 1 aromatic heterocycles. The third-order valence-electron chi connectivity index (χ3n) is 1.87. The van der Waals surface area contributed by atoms with E-state index in [1.165, 1.54) is 12.1 Å². The van der Waals surface area contributed by atoms with Gasteiger partial charge >= 0.3 is 0 Å². The van der Waals surface area contributed by atoms with Crippen molar-refractivity contribution in [2.24, 2.45) is 0 Å². The van der Waals surface area contributed by atoms with Gasteiger partial charge in [0.1, 0.15) is 5.82 Å². The maximum atomic E-state index is 12.9. The molecule has 2 aromatic rings. The molecule has 2 rings (SSSR count). The largest absolute Gasteiger partial charge is 0.339 e. The van der Waals surface area contributed by atoms with E-state index in [9.17, 15) is 4.39 Å². The topological polar surface area (TPSA) is 38.9 Å². The first kappa shape index (κ1) is 10.3. The molecule has 0 radical (unpaired) electrons. The number of benzene rings is 1. The quantitative estimate of drug-likeness (QED) is 0.805. The normalized spacial score (nSPS) is 10.5. The van der Waals surface area contributed by atoms with Crippen LogP contribution in [0.4, 0.5) is 4.39 Å². The lowest BCUT2D eigenvalue weighted by Crippen LogP contribution is -1.89. The molecule has 1 aromatic carbocycles. The lowest BCUT2D eigenvalue weighted by atomic mass is 10.1. The van der Waals surface area contributed by atoms with Gasteiger partial charge in [0.25, 0.3) is 0 Å². The van der Waals surface area contributed by atoms with Crippen LogP contribution in [0.15, 0.2) is 28.8 Å². The highest BCUT2D eigenvalue weighted by Gasteiger charge is 2.06. The van der Waals surface area contributed by atoms with E-state index in [2.05, 4.69) is 26.1 Å². The fraction of sp³-hybridized carbons (Fsp3) is 0.200. The lowest BCUT2D eigenvalue weighted by Gasteiger charge is -1.95. The van der Waals surface area contributed by atoms with Crippen molar-refractivity contribution in [3.8, 4) is 0 Å². The molecule has 0 spiro atoms. The van der Waals surface area contributed by atoms with Gasteiger partial charge in [-0.3, -0.25) is 0 Å². The molecular formula is C10H8BrFN2O. The first-order chi connectivity index (χ1) is 7.28. The molecule has 0 atom stereocenters. The first-order valence-corrected chi connectivity index (χ1v) is 5.52. The van der Waals surface area contributed by atoms with Crippen molar-refractivity contribution >= 4 is 15.9 Å². The minimum atomic E-state index is -0.257. The standard InChI is InChI=1S/C10H8BrFN2O/c11-6-9-13-10(15-14-9)5-7-2-1-3-8(12)4-7/h1-4H,5-6H2. The Kier molecular flexibility index (Phi) is 3.11. The Morgan fingerprint density at radius 2 is 2.27 bits per heavy atom. The number of aromatic nitrogens is 2. The van der Waals surface area contributed by atoms with Crippen LogP contribution in [0, 0.1) is 5.82 Å². The number of hydrogen-bond acceptors (Lipinski definition) is 3. The van der Waals surface area contributed by atoms with E-state index in [1.807, 2.05) is 6.07 Å². The Hall–Kier alpha value is -1.23. The molecule has 0 saturated heterocycles. The highest BCUT2D eigenvalue weighted by atomic mass is 79.9. The van der Waals surface area contributed by atoms with E-state index in [0.717, 1.165) is 5.56 Å². The van der Waals surface area contributed by atoms with Crippen LogP contribution in [0.3, 0.4) is 0 Å². The second-order valence-electron chi connectivity index (χ2n) is 3.04. The van der Waals surface area contributed by atoms with E-state index < -0.39 is 0 Å². The molecule has 5 heteroatoms. The van der Waals surface area contributed by atoms with Crippen LogP contribution in [0.5, 0.6) is 0 Å². The van der Waals surface area contributed by atoms with Crippen molar-refractivity contribution in [2.75, 3.05) is 0 Å². The van der Waals surface area contributed by atoms with Crippen molar-refractivity contribution in [3.05, 3.63) is 47.4 Å². The molecular weight excluding hydrogens is 263 g/mol. The Morgan fingerprint density at radius 3 is 2.93 bits per heavy atom. The Labute approximate surface area is 94.4 Å². The molecule has 0 unspecified atom stereocenters. The Bertz CT molecular complexity index is 458. The second kappa shape index (κ2) is 4.53. The van der Waals surface area contributed by atoms with Gasteiger partial charge in [0.05, 0.1) is 11.8 Å². The second-order valence-corrected chi connectivity index (χ2v) is 3.61. The highest BCUT2D eigenvalue weighted by Crippen LogP contribution is 2.10. The van der Waals surface area contributed by atoms with E-state index in [0.29, 0.717) is 23.5 Å². The number of alkyl halides is 1. The predicted molar refractivity (Wildman–Crippen MR) is 56.1 cm³/mol. The molecule has 0 aliphatic rings. The van der Waals surface area contributed by atoms with E-state index in [1.54, 1.807) is 6.07 Å². The molecule has 3 nitrogen and oxygen atoms in total. The van der Waals surface area contributed by atoms with E-state index in [4.69, 9.17) is 4.52 Å². The number of halogens is 2. The molecule has 1 heterocycles. The first-order valence-electron chi connectivity index (χ1n) is 4.40. The van der Waals surface area contributed by atoms with Gasteiger partial charge in [-0.15, -0.1) is 0 Å². The maximum absolute atomic E-state index is 12.9. The molecule has 0 fully saturated rings. The minimum Gasteiger partial charge on any atom is -0.339 e. The zero-order valence-corrected chi connectivity index (χ0v) is 9.37. The number of nitrogens with zero attached hydrogens (tertiary/aromatic N) is 2. The average molecular weight is 271 g/mol. The zero-order valence-electron chi connectivity index (χ0n) is 7.78. The van der Waals surface area contributed by atoms with E-state index in [-0.39, 0.29) is 5.82 Å². The fourth-order valence-electron chi connectivity index (χ4n) is 1.24. The molecule has 0 bridgehead atoms. The van der Waals surface area contributed by atoms with Crippen LogP contribution < -0.4 is 0 Å². The number of hydrogen-bond donors (Lipinski definition) is 0. The number of rotatable bonds is 3. The zero-order chi connectivity index (χ0) is 10.7. The van der Waals surface area contributed by atoms with Crippen LogP contribution >= 0.6 is 15.9 Å². The summed E-state index contributed by atoms with van der Waals surface area (Å²) in [6.07, 6.45) is 0.456. The van der Waals surface area contributed by atoms with Crippen LogP contribution in [-0.4, -0.2) is 10.1 Å². The summed E-state index contributed by atoms with van der Waals surface area (Å²) >= 11 is 3.22. The van der Waals surface area contributed by atoms with Crippen molar-refractivity contribution < 1.29 is 8.91 Å². The minimum absolute atomic E-state index is 0.257. The maximum Gasteiger partial charge on any atom is 0.231 e. The van der Waals surface area contributed by atoms with Crippen molar-refractivity contribution in [1.82, 2.24) is 10.1 Å². The van der Waals surface area contributed by atoms with Crippen molar-refractivity contribution in [1.29, 1.82) is 0 Å². The average Bonchev–Trinajstić information content (AvgIpc) is 2.65. The summed E-state index contributed by atoms with van der Waals surface area (Å²) in [6, 6.07) is 6.34. The van der Waals surface area contributed by atoms with Gasteiger partial charge in [-0.1, -0.05) is 33.2 Å². The molecule has 15 heavy (non-hydrogen) atoms. The summed E-state index contributed by atoms with van der Waals surface area (Å²) in [7, 11) is 0. The monoisotopic (exact) mass is 270 g/mol. The van der Waals surface area contributed by atoms with Gasteiger partial charge in [0.15, 0.2) is 5.82 Å². The third kappa shape index (κ3) is 2.62. The van der Waals surface area contributed by atoms with Crippen molar-refractivity contribution in [2.45, 2.75) is 11.8 Å². The molecule has 0 aliphatic carbocycles. The molecule has 0 N–H and O–H groups in total. The summed E-state index contributed by atoms with van der Waals surface area (Å²) < 4.78 is 17.9. The van der Waals surface area contributed by atoms with Gasteiger partial charge < -0.3 is 4.52 Å². The summed E-state index contributed by atoms with van der Waals surface area (Å²) in [5.74, 6) is 0.837. The SMILES string of the molecule is Fc1cccc(Cc2nc(CBr)no2)c1. The summed E-state index contributed by atoms with van der Waals surface area (Å²) in [5, 5.41) is 4.28. The van der Waals surface area contributed by atoms with Gasteiger partial charge in [-0.05, 0) is 17.7 Å².